The van der Waals surface area contributed by atoms with Crippen molar-refractivity contribution in [1.29, 1.82) is 0 Å². The van der Waals surface area contributed by atoms with Crippen LogP contribution in [-0.2, 0) is 6.54 Å². The van der Waals surface area contributed by atoms with Gasteiger partial charge in [0.1, 0.15) is 22.9 Å². The molecule has 5 rings (SSSR count). The summed E-state index contributed by atoms with van der Waals surface area (Å²) in [5.41, 5.74) is 5.28. The van der Waals surface area contributed by atoms with Gasteiger partial charge in [0.2, 0.25) is 0 Å². The molecule has 0 saturated carbocycles. The summed E-state index contributed by atoms with van der Waals surface area (Å²) in [6, 6.07) is 28.9. The van der Waals surface area contributed by atoms with E-state index in [1.165, 1.54) is 5.56 Å². The largest absolute Gasteiger partial charge is 0.423 e. The Labute approximate surface area is 206 Å². The van der Waals surface area contributed by atoms with E-state index in [-0.39, 0.29) is 0 Å². The van der Waals surface area contributed by atoms with Gasteiger partial charge in [0.25, 0.3) is 0 Å². The van der Waals surface area contributed by atoms with Crippen molar-refractivity contribution in [2.75, 3.05) is 5.32 Å². The summed E-state index contributed by atoms with van der Waals surface area (Å²) < 4.78 is 8.63. The molecule has 2 aromatic heterocycles. The smallest absolute Gasteiger partial charge is 0.343 e. The first-order chi connectivity index (χ1) is 16.6. The molecule has 0 atom stereocenters. The number of esters is 1. The number of benzene rings is 3. The van der Waals surface area contributed by atoms with Gasteiger partial charge in [0.15, 0.2) is 0 Å². The highest BCUT2D eigenvalue weighted by atomic mass is 79.9. The Morgan fingerprint density at radius 3 is 2.56 bits per heavy atom. The Kier molecular flexibility index (Phi) is 6.14. The topological polar surface area (TPSA) is 55.6 Å². The highest BCUT2D eigenvalue weighted by molar-refractivity contribution is 9.10. The zero-order chi connectivity index (χ0) is 23.5. The van der Waals surface area contributed by atoms with Crippen LogP contribution in [-0.4, -0.2) is 15.4 Å². The van der Waals surface area contributed by atoms with E-state index in [1.54, 1.807) is 18.2 Å². The number of hydrogen-bond acceptors (Lipinski definition) is 4. The molecule has 6 heteroatoms. The zero-order valence-electron chi connectivity index (χ0n) is 18.5. The van der Waals surface area contributed by atoms with Crippen molar-refractivity contribution in [3.63, 3.8) is 0 Å². The van der Waals surface area contributed by atoms with Crippen LogP contribution in [0.25, 0.3) is 16.9 Å². The van der Waals surface area contributed by atoms with Gasteiger partial charge in [-0.25, -0.2) is 9.78 Å². The van der Waals surface area contributed by atoms with Crippen LogP contribution in [0.3, 0.4) is 0 Å². The molecule has 2 heterocycles. The highest BCUT2D eigenvalue weighted by Gasteiger charge is 2.17. The van der Waals surface area contributed by atoms with Crippen LogP contribution in [0, 0.1) is 6.92 Å². The molecule has 0 fully saturated rings. The van der Waals surface area contributed by atoms with Gasteiger partial charge in [-0.1, -0.05) is 64.5 Å². The van der Waals surface area contributed by atoms with E-state index in [0.717, 1.165) is 32.8 Å². The van der Waals surface area contributed by atoms with E-state index in [0.29, 0.717) is 17.9 Å². The van der Waals surface area contributed by atoms with Crippen LogP contribution in [0.5, 0.6) is 5.75 Å². The number of aromatic nitrogens is 2. The van der Waals surface area contributed by atoms with Crippen molar-refractivity contribution in [1.82, 2.24) is 9.38 Å². The van der Waals surface area contributed by atoms with Crippen LogP contribution in [0.4, 0.5) is 5.82 Å². The fourth-order valence-electron chi connectivity index (χ4n) is 3.81. The van der Waals surface area contributed by atoms with E-state index < -0.39 is 5.97 Å². The van der Waals surface area contributed by atoms with E-state index in [2.05, 4.69) is 37.8 Å². The second-order valence-electron chi connectivity index (χ2n) is 7.96. The predicted molar refractivity (Wildman–Crippen MR) is 138 cm³/mol. The lowest BCUT2D eigenvalue weighted by atomic mass is 10.1. The minimum Gasteiger partial charge on any atom is -0.423 e. The molecular formula is C28H22BrN3O2. The van der Waals surface area contributed by atoms with Gasteiger partial charge < -0.3 is 10.1 Å². The lowest BCUT2D eigenvalue weighted by Crippen LogP contribution is -2.08. The average molecular weight is 512 g/mol. The summed E-state index contributed by atoms with van der Waals surface area (Å²) in [6.45, 7) is 2.71. The Balaban J connectivity index is 1.49. The molecule has 34 heavy (non-hydrogen) atoms. The maximum atomic E-state index is 12.6. The lowest BCUT2D eigenvalue weighted by Gasteiger charge is -2.10. The van der Waals surface area contributed by atoms with Gasteiger partial charge in [-0.3, -0.25) is 4.40 Å². The summed E-state index contributed by atoms with van der Waals surface area (Å²) in [4.78, 5) is 17.6. The quantitative estimate of drug-likeness (QED) is 0.199. The van der Waals surface area contributed by atoms with Gasteiger partial charge in [0, 0.05) is 22.8 Å². The number of carbonyl (C=O) groups is 1. The number of ether oxygens (including phenoxy) is 1. The molecule has 0 aliphatic rings. The van der Waals surface area contributed by atoms with Crippen LogP contribution < -0.4 is 10.1 Å². The first-order valence-corrected chi connectivity index (χ1v) is 11.7. The maximum absolute atomic E-state index is 12.6. The van der Waals surface area contributed by atoms with Gasteiger partial charge in [0.05, 0.1) is 5.56 Å². The van der Waals surface area contributed by atoms with Crippen molar-refractivity contribution < 1.29 is 9.53 Å². The standard InChI is InChI=1S/C28H22BrN3O2/c1-19-7-6-16-32-26(19)31-25(27(32)30-18-20-8-3-2-4-9-20)22-10-5-11-24(17-22)34-28(33)21-12-14-23(29)15-13-21/h2-17,30H,18H2,1H3. The first kappa shape index (κ1) is 21.9. The summed E-state index contributed by atoms with van der Waals surface area (Å²) in [5, 5.41) is 3.56. The Morgan fingerprint density at radius 2 is 1.76 bits per heavy atom. The Bertz CT molecular complexity index is 1460. The van der Waals surface area contributed by atoms with Gasteiger partial charge in [-0.2, -0.15) is 0 Å². The third-order valence-corrected chi connectivity index (χ3v) is 6.07. The maximum Gasteiger partial charge on any atom is 0.343 e. The number of hydrogen-bond donors (Lipinski definition) is 1. The fourth-order valence-corrected chi connectivity index (χ4v) is 4.08. The number of nitrogens with zero attached hydrogens (tertiary/aromatic N) is 2. The number of nitrogens with one attached hydrogen (secondary N) is 1. The molecule has 0 radical (unpaired) electrons. The number of aryl methyl sites for hydroxylation is 1. The molecule has 0 bridgehead atoms. The number of carbonyl (C=O) groups excluding carboxylic acids is 1. The van der Waals surface area contributed by atoms with Crippen molar-refractivity contribution >= 4 is 33.4 Å². The van der Waals surface area contributed by atoms with Crippen molar-refractivity contribution in [3.05, 3.63) is 118 Å². The number of anilines is 1. The number of rotatable bonds is 6. The molecule has 168 valence electrons. The van der Waals surface area contributed by atoms with E-state index >= 15 is 0 Å². The molecule has 5 aromatic rings. The van der Waals surface area contributed by atoms with Crippen LogP contribution in [0.1, 0.15) is 21.5 Å². The molecule has 0 spiro atoms. The van der Waals surface area contributed by atoms with E-state index in [1.807, 2.05) is 73.8 Å². The Morgan fingerprint density at radius 1 is 0.971 bits per heavy atom. The lowest BCUT2D eigenvalue weighted by molar-refractivity contribution is 0.0735. The van der Waals surface area contributed by atoms with Crippen molar-refractivity contribution in [2.24, 2.45) is 0 Å². The number of imidazole rings is 1. The van der Waals surface area contributed by atoms with Crippen molar-refractivity contribution in [2.45, 2.75) is 13.5 Å². The SMILES string of the molecule is Cc1cccn2c(NCc3ccccc3)c(-c3cccc(OC(=O)c4ccc(Br)cc4)c3)nc12. The predicted octanol–water partition coefficient (Wildman–Crippen LogP) is 6.90. The third-order valence-electron chi connectivity index (χ3n) is 5.55. The second-order valence-corrected chi connectivity index (χ2v) is 8.87. The summed E-state index contributed by atoms with van der Waals surface area (Å²) in [7, 11) is 0. The molecule has 3 aromatic carbocycles. The van der Waals surface area contributed by atoms with Gasteiger partial charge in [-0.15, -0.1) is 0 Å². The highest BCUT2D eigenvalue weighted by Crippen LogP contribution is 2.32. The van der Waals surface area contributed by atoms with Crippen LogP contribution in [0.2, 0.25) is 0 Å². The molecule has 0 unspecified atom stereocenters. The molecule has 0 amide bonds. The third kappa shape index (κ3) is 4.58. The molecule has 5 nitrogen and oxygen atoms in total. The molecule has 0 aliphatic heterocycles. The fraction of sp³-hybridized carbons (Fsp3) is 0.0714. The molecule has 0 aliphatic carbocycles. The van der Waals surface area contributed by atoms with E-state index in [9.17, 15) is 4.79 Å². The van der Waals surface area contributed by atoms with Crippen molar-refractivity contribution in [3.8, 4) is 17.0 Å². The number of halogens is 1. The first-order valence-electron chi connectivity index (χ1n) is 10.9. The van der Waals surface area contributed by atoms with Crippen LogP contribution >= 0.6 is 15.9 Å². The minimum atomic E-state index is -0.405. The second kappa shape index (κ2) is 9.53. The molecular weight excluding hydrogens is 490 g/mol. The minimum absolute atomic E-state index is 0.405. The average Bonchev–Trinajstić information content (AvgIpc) is 3.24. The molecule has 1 N–H and O–H groups in total. The normalized spacial score (nSPS) is 10.9. The number of fused-ring (bicyclic) bond motifs is 1. The van der Waals surface area contributed by atoms with Gasteiger partial charge >= 0.3 is 5.97 Å². The van der Waals surface area contributed by atoms with Gasteiger partial charge in [-0.05, 0) is 60.5 Å². The zero-order valence-corrected chi connectivity index (χ0v) is 20.1. The summed E-state index contributed by atoms with van der Waals surface area (Å²) >= 11 is 3.38. The van der Waals surface area contributed by atoms with E-state index in [4.69, 9.17) is 9.72 Å². The Hall–Kier alpha value is -3.90. The summed E-state index contributed by atoms with van der Waals surface area (Å²) in [5.74, 6) is 0.949. The number of pyridine rings is 1. The molecule has 0 saturated heterocycles. The van der Waals surface area contributed by atoms with Crippen LogP contribution in [0.15, 0.2) is 102 Å². The summed E-state index contributed by atoms with van der Waals surface area (Å²) in [6.07, 6.45) is 2.00. The monoisotopic (exact) mass is 511 g/mol.